The van der Waals surface area contributed by atoms with Crippen molar-refractivity contribution >= 4 is 16.8 Å². The molecule has 0 radical (unpaired) electrons. The Morgan fingerprint density at radius 3 is 2.92 bits per heavy atom. The van der Waals surface area contributed by atoms with Crippen molar-refractivity contribution in [2.24, 2.45) is 5.73 Å². The topological polar surface area (TPSA) is 87.3 Å². The van der Waals surface area contributed by atoms with Gasteiger partial charge in [0.1, 0.15) is 6.23 Å². The Balaban J connectivity index is 1.59. The number of carbonyl (C=O) groups excluding carboxylic acids is 1. The molecule has 1 aromatic carbocycles. The Bertz CT molecular complexity index is 924. The molecule has 0 bridgehead atoms. The molecule has 0 saturated carbocycles. The van der Waals surface area contributed by atoms with Crippen molar-refractivity contribution in [3.8, 4) is 0 Å². The molecule has 1 aliphatic heterocycles. The number of rotatable bonds is 3. The van der Waals surface area contributed by atoms with E-state index in [-0.39, 0.29) is 0 Å². The first-order valence-electron chi connectivity index (χ1n) is 8.01. The minimum Gasteiger partial charge on any atom is -0.373 e. The molecule has 24 heavy (non-hydrogen) atoms. The summed E-state index contributed by atoms with van der Waals surface area (Å²) in [5, 5.41) is 11.8. The van der Waals surface area contributed by atoms with Crippen LogP contribution in [0.25, 0.3) is 10.9 Å². The van der Waals surface area contributed by atoms with Gasteiger partial charge in [-0.3, -0.25) is 9.69 Å². The number of primary amides is 1. The second kappa shape index (κ2) is 5.51. The van der Waals surface area contributed by atoms with Crippen molar-refractivity contribution in [3.63, 3.8) is 0 Å². The van der Waals surface area contributed by atoms with Gasteiger partial charge in [0.25, 0.3) is 0 Å². The van der Waals surface area contributed by atoms with E-state index < -0.39 is 12.1 Å². The summed E-state index contributed by atoms with van der Waals surface area (Å²) in [5.41, 5.74) is 9.84. The number of hydrogen-bond acceptors (Lipinski definition) is 3. The molecule has 0 spiro atoms. The van der Waals surface area contributed by atoms with Crippen molar-refractivity contribution in [1.29, 1.82) is 0 Å². The molecule has 0 aliphatic carbocycles. The van der Waals surface area contributed by atoms with Crippen molar-refractivity contribution in [1.82, 2.24) is 14.5 Å². The van der Waals surface area contributed by atoms with Crippen LogP contribution >= 0.6 is 0 Å². The van der Waals surface area contributed by atoms with E-state index in [2.05, 4.69) is 18.0 Å². The molecule has 1 unspecified atom stereocenters. The maximum absolute atomic E-state index is 11.3. The highest BCUT2D eigenvalue weighted by Crippen LogP contribution is 2.27. The van der Waals surface area contributed by atoms with Gasteiger partial charge in [0.15, 0.2) is 0 Å². The zero-order chi connectivity index (χ0) is 16.8. The average molecular weight is 324 g/mol. The highest BCUT2D eigenvalue weighted by molar-refractivity contribution is 5.92. The lowest BCUT2D eigenvalue weighted by Crippen LogP contribution is -2.36. The molecule has 2 aromatic heterocycles. The second-order valence-corrected chi connectivity index (χ2v) is 6.44. The molecule has 1 atom stereocenters. The van der Waals surface area contributed by atoms with Crippen LogP contribution in [0.2, 0.25) is 0 Å². The highest BCUT2D eigenvalue weighted by atomic mass is 16.3. The first-order valence-corrected chi connectivity index (χ1v) is 8.01. The molecule has 0 saturated heterocycles. The average Bonchev–Trinajstić information content (AvgIpc) is 3.16. The van der Waals surface area contributed by atoms with Crippen LogP contribution in [-0.4, -0.2) is 32.0 Å². The molecule has 4 N–H and O–H groups in total. The number of carbonyl (C=O) groups is 1. The zero-order valence-electron chi connectivity index (χ0n) is 13.5. The largest absolute Gasteiger partial charge is 0.373 e. The minimum absolute atomic E-state index is 0.421. The molecule has 1 aliphatic rings. The summed E-state index contributed by atoms with van der Waals surface area (Å²) in [6.07, 6.45) is 1.07. The van der Waals surface area contributed by atoms with Crippen LogP contribution in [0.5, 0.6) is 0 Å². The van der Waals surface area contributed by atoms with Gasteiger partial charge in [0.2, 0.25) is 5.91 Å². The van der Waals surface area contributed by atoms with E-state index in [1.807, 2.05) is 27.7 Å². The summed E-state index contributed by atoms with van der Waals surface area (Å²) in [7, 11) is 0. The number of hydrogen-bond donors (Lipinski definition) is 3. The van der Waals surface area contributed by atoms with Crippen molar-refractivity contribution in [2.75, 3.05) is 6.54 Å². The number of aliphatic hydroxyl groups excluding tert-OH is 1. The molecule has 3 aromatic rings. The number of nitrogens with zero attached hydrogens (tertiary/aromatic N) is 2. The molecular formula is C18H20N4O2. The first kappa shape index (κ1) is 15.0. The third-order valence-electron chi connectivity index (χ3n) is 4.68. The molecule has 124 valence electrons. The van der Waals surface area contributed by atoms with E-state index in [9.17, 15) is 9.90 Å². The fourth-order valence-electron chi connectivity index (χ4n) is 3.37. The lowest BCUT2D eigenvalue weighted by molar-refractivity contribution is -0.0180. The van der Waals surface area contributed by atoms with E-state index in [0.29, 0.717) is 18.7 Å². The van der Waals surface area contributed by atoms with Crippen molar-refractivity contribution in [3.05, 3.63) is 59.0 Å². The van der Waals surface area contributed by atoms with Crippen LogP contribution in [0.4, 0.5) is 0 Å². The highest BCUT2D eigenvalue weighted by Gasteiger charge is 2.25. The molecule has 3 heterocycles. The second-order valence-electron chi connectivity index (χ2n) is 6.44. The summed E-state index contributed by atoms with van der Waals surface area (Å²) in [4.78, 5) is 16.6. The van der Waals surface area contributed by atoms with E-state index >= 15 is 0 Å². The monoisotopic (exact) mass is 324 g/mol. The molecular weight excluding hydrogens is 304 g/mol. The van der Waals surface area contributed by atoms with Crippen LogP contribution in [0.3, 0.4) is 0 Å². The minimum atomic E-state index is -0.710. The standard InChI is InChI=1S/C18H20N4O2/c1-11-2-3-15-12(6-11)8-16(20-15)18(24)22-5-4-21-9-13(17(19)23)7-14(21)10-22/h2-3,6-9,18,20,24H,4-5,10H2,1H3,(H2,19,23). The molecule has 1 amide bonds. The number of aryl methyl sites for hydroxylation is 1. The van der Waals surface area contributed by atoms with E-state index in [1.54, 1.807) is 12.3 Å². The van der Waals surface area contributed by atoms with Crippen LogP contribution in [0, 0.1) is 6.92 Å². The lowest BCUT2D eigenvalue weighted by atomic mass is 10.2. The fraction of sp³-hybridized carbons (Fsp3) is 0.278. The number of amides is 1. The fourth-order valence-corrected chi connectivity index (χ4v) is 3.37. The number of nitrogens with one attached hydrogen (secondary N) is 1. The SMILES string of the molecule is Cc1ccc2[nH]c(C(O)N3CCn4cc(C(N)=O)cc4C3)cc2c1. The first-order chi connectivity index (χ1) is 11.5. The third-order valence-corrected chi connectivity index (χ3v) is 4.68. The number of aromatic nitrogens is 2. The molecule has 4 rings (SSSR count). The van der Waals surface area contributed by atoms with Crippen LogP contribution in [-0.2, 0) is 13.1 Å². The maximum atomic E-state index is 11.3. The van der Waals surface area contributed by atoms with E-state index in [4.69, 9.17) is 5.73 Å². The normalized spacial score (nSPS) is 16.2. The predicted octanol–water partition coefficient (Wildman–Crippen LogP) is 1.88. The van der Waals surface area contributed by atoms with Gasteiger partial charge in [-0.25, -0.2) is 0 Å². The smallest absolute Gasteiger partial charge is 0.250 e. The summed E-state index contributed by atoms with van der Waals surface area (Å²) in [6, 6.07) is 9.98. The van der Waals surface area contributed by atoms with E-state index in [0.717, 1.165) is 28.8 Å². The number of nitrogens with two attached hydrogens (primary N) is 1. The van der Waals surface area contributed by atoms with E-state index in [1.165, 1.54) is 5.56 Å². The summed E-state index contributed by atoms with van der Waals surface area (Å²) in [6.45, 7) is 4.05. The van der Waals surface area contributed by atoms with Gasteiger partial charge in [-0.05, 0) is 31.2 Å². The van der Waals surface area contributed by atoms with Crippen molar-refractivity contribution in [2.45, 2.75) is 26.2 Å². The third kappa shape index (κ3) is 2.50. The summed E-state index contributed by atoms with van der Waals surface area (Å²) >= 11 is 0. The predicted molar refractivity (Wildman–Crippen MR) is 91.4 cm³/mol. The zero-order valence-corrected chi connectivity index (χ0v) is 13.5. The van der Waals surface area contributed by atoms with Gasteiger partial charge in [0.05, 0.1) is 11.3 Å². The van der Waals surface area contributed by atoms with Gasteiger partial charge in [-0.2, -0.15) is 0 Å². The number of aliphatic hydroxyl groups is 1. The number of H-pyrrole nitrogens is 1. The Kier molecular flexibility index (Phi) is 3.44. The number of aromatic amines is 1. The number of fused-ring (bicyclic) bond motifs is 2. The van der Waals surface area contributed by atoms with Gasteiger partial charge >= 0.3 is 0 Å². The van der Waals surface area contributed by atoms with Gasteiger partial charge in [-0.15, -0.1) is 0 Å². The van der Waals surface area contributed by atoms with Crippen LogP contribution in [0.15, 0.2) is 36.5 Å². The summed E-state index contributed by atoms with van der Waals surface area (Å²) in [5.74, 6) is -0.421. The Morgan fingerprint density at radius 1 is 1.29 bits per heavy atom. The molecule has 0 fully saturated rings. The Labute approximate surface area is 139 Å². The van der Waals surface area contributed by atoms with Gasteiger partial charge in [-0.1, -0.05) is 11.6 Å². The molecule has 6 nitrogen and oxygen atoms in total. The van der Waals surface area contributed by atoms with Gasteiger partial charge in [0, 0.05) is 42.4 Å². The maximum Gasteiger partial charge on any atom is 0.250 e. The van der Waals surface area contributed by atoms with Crippen LogP contribution < -0.4 is 5.73 Å². The molecule has 6 heteroatoms. The van der Waals surface area contributed by atoms with Gasteiger partial charge < -0.3 is 20.4 Å². The van der Waals surface area contributed by atoms with Crippen molar-refractivity contribution < 1.29 is 9.90 Å². The Morgan fingerprint density at radius 2 is 2.12 bits per heavy atom. The summed E-state index contributed by atoms with van der Waals surface area (Å²) < 4.78 is 2.03. The number of benzene rings is 1. The lowest BCUT2D eigenvalue weighted by Gasteiger charge is -2.31. The van der Waals surface area contributed by atoms with Crippen LogP contribution in [0.1, 0.15) is 33.5 Å². The Hall–Kier alpha value is -2.57. The quantitative estimate of drug-likeness (QED) is 0.687.